The molecule has 0 spiro atoms. The van der Waals surface area contributed by atoms with Crippen molar-refractivity contribution in [2.24, 2.45) is 5.73 Å². The fourth-order valence-corrected chi connectivity index (χ4v) is 4.46. The minimum Gasteiger partial charge on any atom is -0.367 e. The Balaban J connectivity index is 2.23. The molecule has 0 atom stereocenters. The van der Waals surface area contributed by atoms with Crippen molar-refractivity contribution in [2.75, 3.05) is 23.7 Å². The molecule has 1 aliphatic heterocycles. The minimum absolute atomic E-state index is 0.156. The van der Waals surface area contributed by atoms with E-state index in [1.807, 2.05) is 19.1 Å². The Morgan fingerprint density at radius 1 is 1.20 bits per heavy atom. The monoisotopic (exact) mass is 296 g/mol. The van der Waals surface area contributed by atoms with E-state index in [0.717, 1.165) is 31.6 Å². The van der Waals surface area contributed by atoms with Gasteiger partial charge in [0.25, 0.3) is 0 Å². The van der Waals surface area contributed by atoms with Crippen LogP contribution in [0.1, 0.15) is 33.1 Å². The van der Waals surface area contributed by atoms with Crippen LogP contribution in [-0.4, -0.2) is 32.8 Å². The molecular formula is C15H24N2O2S. The van der Waals surface area contributed by atoms with Crippen molar-refractivity contribution in [2.45, 2.75) is 43.5 Å². The summed E-state index contributed by atoms with van der Waals surface area (Å²) >= 11 is 0. The van der Waals surface area contributed by atoms with Crippen molar-refractivity contribution in [3.8, 4) is 0 Å². The third-order valence-electron chi connectivity index (χ3n) is 3.77. The number of para-hydroxylation sites is 1. The van der Waals surface area contributed by atoms with Gasteiger partial charge in [0, 0.05) is 13.1 Å². The number of sulfone groups is 1. The topological polar surface area (TPSA) is 63.4 Å². The van der Waals surface area contributed by atoms with Gasteiger partial charge in [-0.1, -0.05) is 32.4 Å². The van der Waals surface area contributed by atoms with Crippen LogP contribution in [0.5, 0.6) is 0 Å². The Hall–Kier alpha value is -1.07. The van der Waals surface area contributed by atoms with Gasteiger partial charge in [-0.25, -0.2) is 8.42 Å². The Bertz CT molecular complexity index is 563. The Kier molecular flexibility index (Phi) is 4.39. The predicted octanol–water partition coefficient (Wildman–Crippen LogP) is 2.19. The van der Waals surface area contributed by atoms with Crippen molar-refractivity contribution in [3.63, 3.8) is 0 Å². The quantitative estimate of drug-likeness (QED) is 0.874. The van der Waals surface area contributed by atoms with Crippen LogP contribution in [0.25, 0.3) is 0 Å². The van der Waals surface area contributed by atoms with E-state index in [9.17, 15) is 8.42 Å². The summed E-state index contributed by atoms with van der Waals surface area (Å²) in [6.45, 7) is 5.48. The van der Waals surface area contributed by atoms with Gasteiger partial charge < -0.3 is 10.6 Å². The molecule has 2 rings (SSSR count). The summed E-state index contributed by atoms with van der Waals surface area (Å²) in [4.78, 5) is 2.53. The molecule has 2 N–H and O–H groups in total. The average Bonchev–Trinajstić information content (AvgIpc) is 2.36. The molecule has 1 aromatic carbocycles. The van der Waals surface area contributed by atoms with Gasteiger partial charge in [-0.05, 0) is 25.0 Å². The van der Waals surface area contributed by atoms with Gasteiger partial charge in [0.05, 0.1) is 21.9 Å². The lowest BCUT2D eigenvalue weighted by molar-refractivity contribution is 0.306. The normalized spacial score (nSPS) is 17.9. The molecule has 1 fully saturated rings. The molecule has 5 heteroatoms. The average molecular weight is 296 g/mol. The van der Waals surface area contributed by atoms with Gasteiger partial charge in [0.15, 0.2) is 9.84 Å². The molecule has 0 bridgehead atoms. The zero-order chi connectivity index (χ0) is 14.8. The first kappa shape index (κ1) is 15.3. The molecule has 0 unspecified atom stereocenters. The molecule has 20 heavy (non-hydrogen) atoms. The maximum Gasteiger partial charge on any atom is 0.180 e. The number of nitrogens with zero attached hydrogens (tertiary/aromatic N) is 1. The smallest absolute Gasteiger partial charge is 0.180 e. The minimum atomic E-state index is -3.19. The second-order valence-corrected chi connectivity index (χ2v) is 7.83. The zero-order valence-corrected chi connectivity index (χ0v) is 13.1. The van der Waals surface area contributed by atoms with Gasteiger partial charge in [-0.2, -0.15) is 0 Å². The first-order valence-electron chi connectivity index (χ1n) is 7.27. The summed E-state index contributed by atoms with van der Waals surface area (Å²) in [5.74, 6) is 0.195. The highest BCUT2D eigenvalue weighted by Gasteiger charge is 2.40. The van der Waals surface area contributed by atoms with E-state index in [1.54, 1.807) is 12.1 Å². The van der Waals surface area contributed by atoms with Gasteiger partial charge in [0.1, 0.15) is 0 Å². The van der Waals surface area contributed by atoms with Gasteiger partial charge >= 0.3 is 0 Å². The van der Waals surface area contributed by atoms with Crippen LogP contribution >= 0.6 is 0 Å². The molecule has 112 valence electrons. The van der Waals surface area contributed by atoms with Crippen molar-refractivity contribution in [1.29, 1.82) is 0 Å². The lowest BCUT2D eigenvalue weighted by Crippen LogP contribution is -2.67. The van der Waals surface area contributed by atoms with E-state index < -0.39 is 9.84 Å². The number of hydrogen-bond donors (Lipinski definition) is 1. The Labute approximate surface area is 121 Å². The van der Waals surface area contributed by atoms with E-state index in [4.69, 9.17) is 5.73 Å². The van der Waals surface area contributed by atoms with Crippen molar-refractivity contribution >= 4 is 15.5 Å². The number of benzene rings is 1. The molecule has 1 heterocycles. The summed E-state index contributed by atoms with van der Waals surface area (Å²) in [7, 11) is -3.19. The van der Waals surface area contributed by atoms with Crippen LogP contribution in [0.3, 0.4) is 0 Å². The molecule has 0 amide bonds. The van der Waals surface area contributed by atoms with Crippen LogP contribution in [0.4, 0.5) is 5.69 Å². The molecule has 1 saturated heterocycles. The second kappa shape index (κ2) is 5.74. The van der Waals surface area contributed by atoms with Crippen molar-refractivity contribution < 1.29 is 8.42 Å². The highest BCUT2D eigenvalue weighted by Crippen LogP contribution is 2.34. The molecular weight excluding hydrogens is 272 g/mol. The molecule has 0 aromatic heterocycles. The number of nitrogens with two attached hydrogens (primary N) is 1. The first-order valence-corrected chi connectivity index (χ1v) is 8.93. The molecule has 0 saturated carbocycles. The zero-order valence-electron chi connectivity index (χ0n) is 12.3. The summed E-state index contributed by atoms with van der Waals surface area (Å²) in [6, 6.07) is 7.26. The van der Waals surface area contributed by atoms with Crippen molar-refractivity contribution in [3.05, 3.63) is 24.3 Å². The summed E-state index contributed by atoms with van der Waals surface area (Å²) < 4.78 is 24.7. The van der Waals surface area contributed by atoms with E-state index in [-0.39, 0.29) is 11.3 Å². The van der Waals surface area contributed by atoms with E-state index in [2.05, 4.69) is 11.8 Å². The van der Waals surface area contributed by atoms with E-state index in [0.29, 0.717) is 11.3 Å². The number of hydrogen-bond acceptors (Lipinski definition) is 4. The van der Waals surface area contributed by atoms with Crippen LogP contribution in [0, 0.1) is 0 Å². The molecule has 1 aliphatic rings. The standard InChI is InChI=1S/C15H24N2O2S/c1-3-9-15(16)11-17(12-15)13-7-5-6-8-14(13)20(18,19)10-4-2/h5-8H,3-4,9-12,16H2,1-2H3. The third kappa shape index (κ3) is 2.99. The summed E-state index contributed by atoms with van der Waals surface area (Å²) in [5.41, 5.74) is 6.92. The molecule has 0 aliphatic carbocycles. The summed E-state index contributed by atoms with van der Waals surface area (Å²) in [5, 5.41) is 0. The largest absolute Gasteiger partial charge is 0.367 e. The summed E-state index contributed by atoms with van der Waals surface area (Å²) in [6.07, 6.45) is 2.67. The molecule has 4 nitrogen and oxygen atoms in total. The second-order valence-electron chi connectivity index (χ2n) is 5.76. The Morgan fingerprint density at radius 3 is 2.45 bits per heavy atom. The van der Waals surface area contributed by atoms with Gasteiger partial charge in [-0.3, -0.25) is 0 Å². The fourth-order valence-electron chi connectivity index (χ4n) is 2.90. The van der Waals surface area contributed by atoms with Crippen LogP contribution in [0.2, 0.25) is 0 Å². The lowest BCUT2D eigenvalue weighted by Gasteiger charge is -2.49. The van der Waals surface area contributed by atoms with Crippen LogP contribution < -0.4 is 10.6 Å². The number of rotatable bonds is 6. The third-order valence-corrected chi connectivity index (χ3v) is 5.73. The molecule has 1 aromatic rings. The van der Waals surface area contributed by atoms with E-state index in [1.165, 1.54) is 0 Å². The molecule has 0 radical (unpaired) electrons. The maximum absolute atomic E-state index is 12.3. The SMILES string of the molecule is CCCC1(N)CN(c2ccccc2S(=O)(=O)CCC)C1. The highest BCUT2D eigenvalue weighted by molar-refractivity contribution is 7.91. The van der Waals surface area contributed by atoms with Gasteiger partial charge in [0.2, 0.25) is 0 Å². The predicted molar refractivity (Wildman–Crippen MR) is 82.8 cm³/mol. The van der Waals surface area contributed by atoms with E-state index >= 15 is 0 Å². The maximum atomic E-state index is 12.3. The van der Waals surface area contributed by atoms with Crippen LogP contribution in [0.15, 0.2) is 29.2 Å². The highest BCUT2D eigenvalue weighted by atomic mass is 32.2. The lowest BCUT2D eigenvalue weighted by atomic mass is 9.86. The van der Waals surface area contributed by atoms with Crippen LogP contribution in [-0.2, 0) is 9.84 Å². The number of anilines is 1. The Morgan fingerprint density at radius 2 is 1.85 bits per heavy atom. The van der Waals surface area contributed by atoms with Gasteiger partial charge in [-0.15, -0.1) is 0 Å². The first-order chi connectivity index (χ1) is 9.42. The van der Waals surface area contributed by atoms with Crippen molar-refractivity contribution in [1.82, 2.24) is 0 Å². The fraction of sp³-hybridized carbons (Fsp3) is 0.600.